The van der Waals surface area contributed by atoms with Crippen molar-refractivity contribution in [1.29, 1.82) is 0 Å². The Morgan fingerprint density at radius 1 is 1.35 bits per heavy atom. The number of nitrogens with two attached hydrogens (primary N) is 1. The van der Waals surface area contributed by atoms with Gasteiger partial charge in [-0.05, 0) is 42.3 Å². The van der Waals surface area contributed by atoms with E-state index in [-0.39, 0.29) is 0 Å². The van der Waals surface area contributed by atoms with Crippen molar-refractivity contribution in [3.63, 3.8) is 0 Å². The molecule has 0 amide bonds. The lowest BCUT2D eigenvalue weighted by molar-refractivity contribution is 1.01. The van der Waals surface area contributed by atoms with Crippen LogP contribution in [0.4, 0.5) is 5.82 Å². The number of halogens is 1. The molecule has 0 aliphatic carbocycles. The highest BCUT2D eigenvalue weighted by atomic mass is 79.9. The van der Waals surface area contributed by atoms with Crippen LogP contribution in [0.15, 0.2) is 10.5 Å². The van der Waals surface area contributed by atoms with Gasteiger partial charge in [0.05, 0.1) is 4.88 Å². The molecule has 2 rings (SSSR count). The highest BCUT2D eigenvalue weighted by Crippen LogP contribution is 2.33. The Kier molecular flexibility index (Phi) is 3.49. The minimum absolute atomic E-state index is 0.595. The van der Waals surface area contributed by atoms with Gasteiger partial charge in [0, 0.05) is 20.6 Å². The number of aromatic nitrogens is 2. The molecule has 0 saturated heterocycles. The van der Waals surface area contributed by atoms with E-state index in [9.17, 15) is 0 Å². The van der Waals surface area contributed by atoms with E-state index < -0.39 is 0 Å². The third kappa shape index (κ3) is 2.35. The van der Waals surface area contributed by atoms with Crippen LogP contribution >= 0.6 is 27.3 Å². The molecule has 2 N–H and O–H groups in total. The van der Waals surface area contributed by atoms with Gasteiger partial charge < -0.3 is 5.73 Å². The minimum atomic E-state index is 0.595. The predicted octanol–water partition coefficient (Wildman–Crippen LogP) is 3.73. The summed E-state index contributed by atoms with van der Waals surface area (Å²) < 4.78 is 1.09. The maximum atomic E-state index is 5.96. The second-order valence-electron chi connectivity index (χ2n) is 3.86. The lowest BCUT2D eigenvalue weighted by Gasteiger charge is -2.07. The number of aryl methyl sites for hydroxylation is 2. The molecule has 0 spiro atoms. The molecular formula is C12H14BrN3S. The standard InChI is InChI=1S/C12H14BrN3S/c1-4-8-6(2)15-12(16-11(8)14)10-5-9(13)7(3)17-10/h5H,4H2,1-3H3,(H2,14,15,16). The van der Waals surface area contributed by atoms with Gasteiger partial charge in [-0.15, -0.1) is 11.3 Å². The summed E-state index contributed by atoms with van der Waals surface area (Å²) in [6, 6.07) is 2.04. The quantitative estimate of drug-likeness (QED) is 0.919. The highest BCUT2D eigenvalue weighted by Gasteiger charge is 2.12. The van der Waals surface area contributed by atoms with Crippen molar-refractivity contribution in [2.45, 2.75) is 27.2 Å². The summed E-state index contributed by atoms with van der Waals surface area (Å²) in [5.41, 5.74) is 7.97. The Hall–Kier alpha value is -0.940. The molecule has 3 nitrogen and oxygen atoms in total. The second-order valence-corrected chi connectivity index (χ2v) is 5.98. The summed E-state index contributed by atoms with van der Waals surface area (Å²) in [4.78, 5) is 11.2. The molecule has 17 heavy (non-hydrogen) atoms. The second kappa shape index (κ2) is 4.74. The first-order valence-corrected chi connectivity index (χ1v) is 7.03. The predicted molar refractivity (Wildman–Crippen MR) is 76.3 cm³/mol. The van der Waals surface area contributed by atoms with Gasteiger partial charge in [0.15, 0.2) is 5.82 Å². The molecule has 0 saturated carbocycles. The molecule has 0 aliphatic rings. The molecule has 2 aromatic rings. The van der Waals surface area contributed by atoms with Gasteiger partial charge in [-0.25, -0.2) is 9.97 Å². The van der Waals surface area contributed by atoms with Crippen molar-refractivity contribution in [3.8, 4) is 10.7 Å². The number of rotatable bonds is 2. The number of hydrogen-bond acceptors (Lipinski definition) is 4. The van der Waals surface area contributed by atoms with E-state index in [1.807, 2.05) is 13.0 Å². The van der Waals surface area contributed by atoms with Crippen molar-refractivity contribution in [2.75, 3.05) is 5.73 Å². The first-order chi connectivity index (χ1) is 8.02. The first-order valence-electron chi connectivity index (χ1n) is 5.42. The average molecular weight is 312 g/mol. The summed E-state index contributed by atoms with van der Waals surface area (Å²) in [6.45, 7) is 6.11. The molecule has 5 heteroatoms. The fraction of sp³-hybridized carbons (Fsp3) is 0.333. The van der Waals surface area contributed by atoms with Crippen LogP contribution in [0.5, 0.6) is 0 Å². The number of nitrogens with zero attached hydrogens (tertiary/aromatic N) is 2. The van der Waals surface area contributed by atoms with Crippen LogP contribution in [0.2, 0.25) is 0 Å². The zero-order chi connectivity index (χ0) is 12.6. The maximum absolute atomic E-state index is 5.96. The molecule has 0 bridgehead atoms. The Morgan fingerprint density at radius 2 is 2.06 bits per heavy atom. The van der Waals surface area contributed by atoms with Gasteiger partial charge in [-0.2, -0.15) is 0 Å². The topological polar surface area (TPSA) is 51.8 Å². The Morgan fingerprint density at radius 3 is 2.53 bits per heavy atom. The molecule has 0 aliphatic heterocycles. The van der Waals surface area contributed by atoms with Crippen LogP contribution in [-0.2, 0) is 6.42 Å². The molecule has 0 fully saturated rings. The van der Waals surface area contributed by atoms with Crippen LogP contribution < -0.4 is 5.73 Å². The molecule has 2 heterocycles. The van der Waals surface area contributed by atoms with E-state index in [0.29, 0.717) is 5.82 Å². The van der Waals surface area contributed by atoms with E-state index >= 15 is 0 Å². The van der Waals surface area contributed by atoms with Crippen molar-refractivity contribution in [2.24, 2.45) is 0 Å². The fourth-order valence-electron chi connectivity index (χ4n) is 1.74. The lowest BCUT2D eigenvalue weighted by Crippen LogP contribution is -2.03. The molecule has 2 aromatic heterocycles. The Bertz CT molecular complexity index is 520. The van der Waals surface area contributed by atoms with Crippen LogP contribution in [0.1, 0.15) is 23.1 Å². The van der Waals surface area contributed by atoms with E-state index in [1.54, 1.807) is 11.3 Å². The maximum Gasteiger partial charge on any atom is 0.171 e. The highest BCUT2D eigenvalue weighted by molar-refractivity contribution is 9.10. The van der Waals surface area contributed by atoms with Crippen molar-refractivity contribution < 1.29 is 0 Å². The molecule has 0 radical (unpaired) electrons. The van der Waals surface area contributed by atoms with Gasteiger partial charge in [0.1, 0.15) is 5.82 Å². The first kappa shape index (κ1) is 12.5. The average Bonchev–Trinajstić information content (AvgIpc) is 2.59. The molecule has 90 valence electrons. The molecular weight excluding hydrogens is 298 g/mol. The third-order valence-corrected chi connectivity index (χ3v) is 4.81. The summed E-state index contributed by atoms with van der Waals surface area (Å²) >= 11 is 5.17. The summed E-state index contributed by atoms with van der Waals surface area (Å²) in [7, 11) is 0. The van der Waals surface area contributed by atoms with Gasteiger partial charge in [-0.1, -0.05) is 6.92 Å². The number of hydrogen-bond donors (Lipinski definition) is 1. The summed E-state index contributed by atoms with van der Waals surface area (Å²) in [5.74, 6) is 1.31. The summed E-state index contributed by atoms with van der Waals surface area (Å²) in [5, 5.41) is 0. The third-order valence-electron chi connectivity index (χ3n) is 2.68. The van der Waals surface area contributed by atoms with E-state index in [0.717, 1.165) is 32.9 Å². The van der Waals surface area contributed by atoms with Gasteiger partial charge in [0.2, 0.25) is 0 Å². The van der Waals surface area contributed by atoms with Crippen molar-refractivity contribution >= 4 is 33.1 Å². The minimum Gasteiger partial charge on any atom is -0.383 e. The molecule has 0 unspecified atom stereocenters. The monoisotopic (exact) mass is 311 g/mol. The van der Waals surface area contributed by atoms with Crippen LogP contribution in [0.3, 0.4) is 0 Å². The zero-order valence-corrected chi connectivity index (χ0v) is 12.4. The van der Waals surface area contributed by atoms with E-state index in [2.05, 4.69) is 39.7 Å². The SMILES string of the molecule is CCc1c(C)nc(-c2cc(Br)c(C)s2)nc1N. The van der Waals surface area contributed by atoms with Crippen LogP contribution in [0, 0.1) is 13.8 Å². The number of nitrogen functional groups attached to an aromatic ring is 1. The Labute approximate surface area is 113 Å². The van der Waals surface area contributed by atoms with Gasteiger partial charge in [-0.3, -0.25) is 0 Å². The van der Waals surface area contributed by atoms with E-state index in [4.69, 9.17) is 5.73 Å². The van der Waals surface area contributed by atoms with Gasteiger partial charge >= 0.3 is 0 Å². The number of thiophene rings is 1. The normalized spacial score (nSPS) is 10.8. The smallest absolute Gasteiger partial charge is 0.171 e. The summed E-state index contributed by atoms with van der Waals surface area (Å²) in [6.07, 6.45) is 0.866. The van der Waals surface area contributed by atoms with Crippen molar-refractivity contribution in [3.05, 3.63) is 26.7 Å². The van der Waals surface area contributed by atoms with Crippen LogP contribution in [0.25, 0.3) is 10.7 Å². The molecule has 0 aromatic carbocycles. The largest absolute Gasteiger partial charge is 0.383 e. The zero-order valence-electron chi connectivity index (χ0n) is 10.0. The van der Waals surface area contributed by atoms with E-state index in [1.165, 1.54) is 4.88 Å². The fourth-order valence-corrected chi connectivity index (χ4v) is 3.20. The number of anilines is 1. The van der Waals surface area contributed by atoms with Crippen molar-refractivity contribution in [1.82, 2.24) is 9.97 Å². The lowest BCUT2D eigenvalue weighted by atomic mass is 10.1. The molecule has 0 atom stereocenters. The van der Waals surface area contributed by atoms with Crippen LogP contribution in [-0.4, -0.2) is 9.97 Å². The Balaban J connectivity index is 2.54. The van der Waals surface area contributed by atoms with Gasteiger partial charge in [0.25, 0.3) is 0 Å².